The number of hydrogen-bond donors (Lipinski definition) is 1. The quantitative estimate of drug-likeness (QED) is 0.762. The number of alkyl halides is 2. The molecule has 2 nitrogen and oxygen atoms in total. The van der Waals surface area contributed by atoms with Crippen molar-refractivity contribution in [2.24, 2.45) is 0 Å². The van der Waals surface area contributed by atoms with Gasteiger partial charge in [0.2, 0.25) is 0 Å². The van der Waals surface area contributed by atoms with Crippen LogP contribution >= 0.6 is 0 Å². The molecular formula is C9H12F2N2. The van der Waals surface area contributed by atoms with Crippen molar-refractivity contribution in [3.63, 3.8) is 0 Å². The zero-order valence-electron chi connectivity index (χ0n) is 7.21. The van der Waals surface area contributed by atoms with Crippen LogP contribution in [0.25, 0.3) is 0 Å². The van der Waals surface area contributed by atoms with Crippen LogP contribution < -0.4 is 5.32 Å². The molecule has 0 spiro atoms. The molecule has 0 aliphatic heterocycles. The third-order valence-electron chi connectivity index (χ3n) is 2.17. The van der Waals surface area contributed by atoms with Crippen molar-refractivity contribution in [2.45, 2.75) is 32.0 Å². The third-order valence-corrected chi connectivity index (χ3v) is 2.17. The summed E-state index contributed by atoms with van der Waals surface area (Å²) in [6.45, 7) is -1.72. The highest BCUT2D eigenvalue weighted by Gasteiger charge is 2.20. The van der Waals surface area contributed by atoms with Gasteiger partial charge in [0.25, 0.3) is 0 Å². The Morgan fingerprint density at radius 3 is 2.85 bits per heavy atom. The van der Waals surface area contributed by atoms with Gasteiger partial charge in [0.1, 0.15) is 0 Å². The Kier molecular flexibility index (Phi) is 2.31. The Hall–Kier alpha value is -0.900. The first-order chi connectivity index (χ1) is 6.25. The van der Waals surface area contributed by atoms with E-state index in [1.165, 1.54) is 25.2 Å². The van der Waals surface area contributed by atoms with Gasteiger partial charge in [-0.05, 0) is 24.5 Å². The molecule has 0 amide bonds. The van der Waals surface area contributed by atoms with Gasteiger partial charge in [-0.1, -0.05) is 0 Å². The van der Waals surface area contributed by atoms with Crippen molar-refractivity contribution in [1.29, 1.82) is 0 Å². The van der Waals surface area contributed by atoms with Gasteiger partial charge in [-0.3, -0.25) is 4.57 Å². The average molecular weight is 186 g/mol. The van der Waals surface area contributed by atoms with Gasteiger partial charge in [-0.25, -0.2) is 0 Å². The molecule has 2 rings (SSSR count). The van der Waals surface area contributed by atoms with E-state index in [-0.39, 0.29) is 0 Å². The highest BCUT2D eigenvalue weighted by Crippen LogP contribution is 2.19. The van der Waals surface area contributed by atoms with E-state index >= 15 is 0 Å². The number of nitrogens with one attached hydrogen (secondary N) is 1. The monoisotopic (exact) mass is 186 g/mol. The first kappa shape index (κ1) is 8.69. The summed E-state index contributed by atoms with van der Waals surface area (Å²) < 4.78 is 25.2. The van der Waals surface area contributed by atoms with Gasteiger partial charge in [-0.15, -0.1) is 0 Å². The molecule has 0 unspecified atom stereocenters. The van der Waals surface area contributed by atoms with Crippen LogP contribution in [-0.2, 0) is 6.54 Å². The maximum atomic E-state index is 12.1. The van der Waals surface area contributed by atoms with Crippen LogP contribution in [0, 0.1) is 0 Å². The van der Waals surface area contributed by atoms with Crippen molar-refractivity contribution >= 4 is 0 Å². The van der Waals surface area contributed by atoms with E-state index in [1.807, 2.05) is 0 Å². The lowest BCUT2D eigenvalue weighted by molar-refractivity contribution is 0.0705. The molecular weight excluding hydrogens is 174 g/mol. The fourth-order valence-corrected chi connectivity index (χ4v) is 1.23. The van der Waals surface area contributed by atoms with Crippen molar-refractivity contribution in [3.05, 3.63) is 24.0 Å². The van der Waals surface area contributed by atoms with Crippen LogP contribution in [0.4, 0.5) is 8.78 Å². The molecule has 0 atom stereocenters. The average Bonchev–Trinajstić information content (AvgIpc) is 2.79. The topological polar surface area (TPSA) is 17.0 Å². The molecule has 72 valence electrons. The van der Waals surface area contributed by atoms with E-state index in [2.05, 4.69) is 5.32 Å². The van der Waals surface area contributed by atoms with Crippen LogP contribution in [0.1, 0.15) is 25.0 Å². The fourth-order valence-electron chi connectivity index (χ4n) is 1.23. The number of rotatable bonds is 4. The van der Waals surface area contributed by atoms with E-state index in [1.54, 1.807) is 6.07 Å². The second kappa shape index (κ2) is 3.46. The summed E-state index contributed by atoms with van der Waals surface area (Å²) in [5.41, 5.74) is 0.923. The SMILES string of the molecule is FC(F)n1ccc(CNC2CC2)c1. The maximum Gasteiger partial charge on any atom is 0.318 e. The Bertz CT molecular complexity index is 279. The molecule has 1 aliphatic rings. The summed E-state index contributed by atoms with van der Waals surface area (Å²) in [4.78, 5) is 0. The van der Waals surface area contributed by atoms with E-state index in [0.717, 1.165) is 10.1 Å². The smallest absolute Gasteiger partial charge is 0.310 e. The summed E-state index contributed by atoms with van der Waals surface area (Å²) in [6.07, 6.45) is 5.33. The van der Waals surface area contributed by atoms with Gasteiger partial charge in [0.05, 0.1) is 0 Å². The predicted octanol–water partition coefficient (Wildman–Crippen LogP) is 2.14. The second-order valence-electron chi connectivity index (χ2n) is 3.40. The summed E-state index contributed by atoms with van der Waals surface area (Å²) in [6, 6.07) is 2.34. The molecule has 4 heteroatoms. The normalized spacial score (nSPS) is 16.8. The number of aromatic nitrogens is 1. The highest BCUT2D eigenvalue weighted by atomic mass is 19.3. The minimum Gasteiger partial charge on any atom is -0.310 e. The number of nitrogens with zero attached hydrogens (tertiary/aromatic N) is 1. The Labute approximate surface area is 75.6 Å². The van der Waals surface area contributed by atoms with Crippen LogP contribution in [-0.4, -0.2) is 10.6 Å². The van der Waals surface area contributed by atoms with E-state index in [0.29, 0.717) is 12.6 Å². The van der Waals surface area contributed by atoms with E-state index in [9.17, 15) is 8.78 Å². The second-order valence-corrected chi connectivity index (χ2v) is 3.40. The van der Waals surface area contributed by atoms with Crippen molar-refractivity contribution in [3.8, 4) is 0 Å². The molecule has 0 saturated heterocycles. The van der Waals surface area contributed by atoms with Gasteiger partial charge in [-0.2, -0.15) is 8.78 Å². The van der Waals surface area contributed by atoms with Crippen molar-refractivity contribution < 1.29 is 8.78 Å². The molecule has 1 aromatic rings. The minimum absolute atomic E-state index is 0.620. The van der Waals surface area contributed by atoms with E-state index < -0.39 is 6.55 Å². The van der Waals surface area contributed by atoms with Crippen LogP contribution in [0.2, 0.25) is 0 Å². The van der Waals surface area contributed by atoms with Crippen LogP contribution in [0.15, 0.2) is 18.5 Å². The molecule has 0 aromatic carbocycles. The lowest BCUT2D eigenvalue weighted by Gasteiger charge is -2.00. The third kappa shape index (κ3) is 2.28. The molecule has 0 bridgehead atoms. The van der Waals surface area contributed by atoms with Gasteiger partial charge >= 0.3 is 6.55 Å². The molecule has 1 N–H and O–H groups in total. The summed E-state index contributed by atoms with van der Waals surface area (Å²) in [7, 11) is 0. The summed E-state index contributed by atoms with van der Waals surface area (Å²) in [5, 5.41) is 3.27. The first-order valence-electron chi connectivity index (χ1n) is 4.43. The Morgan fingerprint density at radius 1 is 1.54 bits per heavy atom. The van der Waals surface area contributed by atoms with Crippen LogP contribution in [0.3, 0.4) is 0 Å². The predicted molar refractivity (Wildman–Crippen MR) is 45.5 cm³/mol. The molecule has 1 saturated carbocycles. The molecule has 13 heavy (non-hydrogen) atoms. The van der Waals surface area contributed by atoms with Crippen LogP contribution in [0.5, 0.6) is 0 Å². The Balaban J connectivity index is 1.88. The summed E-state index contributed by atoms with van der Waals surface area (Å²) >= 11 is 0. The molecule has 1 heterocycles. The molecule has 0 radical (unpaired) electrons. The van der Waals surface area contributed by atoms with Gasteiger partial charge in [0, 0.05) is 25.0 Å². The summed E-state index contributed by atoms with van der Waals surface area (Å²) in [5.74, 6) is 0. The van der Waals surface area contributed by atoms with Gasteiger partial charge in [0.15, 0.2) is 0 Å². The van der Waals surface area contributed by atoms with E-state index in [4.69, 9.17) is 0 Å². The number of hydrogen-bond acceptors (Lipinski definition) is 1. The highest BCUT2D eigenvalue weighted by molar-refractivity contribution is 5.10. The number of halogens is 2. The molecule has 1 aliphatic carbocycles. The molecule has 1 fully saturated rings. The van der Waals surface area contributed by atoms with Crippen molar-refractivity contribution in [1.82, 2.24) is 9.88 Å². The zero-order valence-corrected chi connectivity index (χ0v) is 7.21. The maximum absolute atomic E-state index is 12.1. The largest absolute Gasteiger partial charge is 0.318 e. The minimum atomic E-state index is -2.42. The van der Waals surface area contributed by atoms with Crippen molar-refractivity contribution in [2.75, 3.05) is 0 Å². The molecule has 1 aromatic heterocycles. The standard InChI is InChI=1S/C9H12F2N2/c10-9(11)13-4-3-7(6-13)5-12-8-1-2-8/h3-4,6,8-9,12H,1-2,5H2. The lowest BCUT2D eigenvalue weighted by Crippen LogP contribution is -2.14. The zero-order chi connectivity index (χ0) is 9.26. The Morgan fingerprint density at radius 2 is 2.31 bits per heavy atom. The lowest BCUT2D eigenvalue weighted by atomic mass is 10.3. The first-order valence-corrected chi connectivity index (χ1v) is 4.43. The fraction of sp³-hybridized carbons (Fsp3) is 0.556. The van der Waals surface area contributed by atoms with Gasteiger partial charge < -0.3 is 5.32 Å².